The summed E-state index contributed by atoms with van der Waals surface area (Å²) in [6.07, 6.45) is 18.8. The molecule has 0 aromatic heterocycles. The number of rotatable bonds is 12. The molecule has 40 heavy (non-hydrogen) atoms. The molecule has 2 rings (SSSR count). The van der Waals surface area contributed by atoms with Crippen LogP contribution in [-0.4, -0.2) is 70.7 Å². The van der Waals surface area contributed by atoms with Crippen LogP contribution in [0.15, 0.2) is 36.5 Å². The van der Waals surface area contributed by atoms with Crippen molar-refractivity contribution in [1.29, 1.82) is 0 Å². The monoisotopic (exact) mass is 560 g/mol. The van der Waals surface area contributed by atoms with Gasteiger partial charge in [-0.2, -0.15) is 0 Å². The molecule has 0 aromatic carbocycles. The van der Waals surface area contributed by atoms with E-state index in [1.807, 2.05) is 6.08 Å². The van der Waals surface area contributed by atoms with Crippen LogP contribution in [0.3, 0.4) is 0 Å². The molecule has 224 valence electrons. The van der Waals surface area contributed by atoms with Gasteiger partial charge in [-0.3, -0.25) is 19.2 Å². The fourth-order valence-corrected chi connectivity index (χ4v) is 5.00. The summed E-state index contributed by atoms with van der Waals surface area (Å²) in [5, 5.41) is 30.9. The largest absolute Gasteiger partial charge is 0.393 e. The Morgan fingerprint density at radius 2 is 1.88 bits per heavy atom. The zero-order valence-electron chi connectivity index (χ0n) is 23.9. The average molecular weight is 561 g/mol. The van der Waals surface area contributed by atoms with Gasteiger partial charge in [0, 0.05) is 31.2 Å². The lowest BCUT2D eigenvalue weighted by Crippen LogP contribution is -2.58. The molecular formula is C30H48N4O6. The molecule has 1 aliphatic heterocycles. The van der Waals surface area contributed by atoms with Gasteiger partial charge >= 0.3 is 0 Å². The van der Waals surface area contributed by atoms with Crippen LogP contribution in [0.1, 0.15) is 84.5 Å². The number of hydrogen-bond donors (Lipinski definition) is 6. The molecule has 0 spiro atoms. The second kappa shape index (κ2) is 18.4. The van der Waals surface area contributed by atoms with Crippen LogP contribution in [0.5, 0.6) is 0 Å². The van der Waals surface area contributed by atoms with Crippen LogP contribution < -0.4 is 21.3 Å². The van der Waals surface area contributed by atoms with Crippen LogP contribution in [0.2, 0.25) is 0 Å². The van der Waals surface area contributed by atoms with Gasteiger partial charge in [0.15, 0.2) is 0 Å². The molecule has 1 saturated carbocycles. The lowest BCUT2D eigenvalue weighted by Gasteiger charge is -2.26. The number of carbonyl (C=O) groups excluding carboxylic acids is 4. The minimum Gasteiger partial charge on any atom is -0.393 e. The number of aliphatic hydroxyl groups excluding tert-OH is 2. The summed E-state index contributed by atoms with van der Waals surface area (Å²) in [5.74, 6) is -1.26. The van der Waals surface area contributed by atoms with Crippen molar-refractivity contribution in [3.05, 3.63) is 36.5 Å². The van der Waals surface area contributed by atoms with Gasteiger partial charge < -0.3 is 31.5 Å². The number of unbranched alkanes of at least 4 members (excludes halogenated alkanes) is 3. The van der Waals surface area contributed by atoms with Crippen LogP contribution in [0, 0.1) is 5.92 Å². The van der Waals surface area contributed by atoms with E-state index in [9.17, 15) is 29.4 Å². The highest BCUT2D eigenvalue weighted by Crippen LogP contribution is 2.29. The molecule has 0 bridgehead atoms. The van der Waals surface area contributed by atoms with Crippen LogP contribution in [-0.2, 0) is 19.2 Å². The Balaban J connectivity index is 1.84. The van der Waals surface area contributed by atoms with Crippen molar-refractivity contribution in [3.63, 3.8) is 0 Å². The van der Waals surface area contributed by atoms with E-state index in [4.69, 9.17) is 0 Å². The van der Waals surface area contributed by atoms with Crippen molar-refractivity contribution < 1.29 is 29.4 Å². The van der Waals surface area contributed by atoms with Crippen LogP contribution in [0.25, 0.3) is 0 Å². The summed E-state index contributed by atoms with van der Waals surface area (Å²) in [7, 11) is 0. The lowest BCUT2D eigenvalue weighted by atomic mass is 9.99. The number of allylic oxidation sites excluding steroid dienone is 3. The quantitative estimate of drug-likeness (QED) is 0.122. The van der Waals surface area contributed by atoms with Gasteiger partial charge in [-0.15, -0.1) is 0 Å². The smallest absolute Gasteiger partial charge is 0.245 e. The molecule has 2 aliphatic rings. The van der Waals surface area contributed by atoms with E-state index in [-0.39, 0.29) is 25.3 Å². The Bertz CT molecular complexity index is 910. The maximum absolute atomic E-state index is 13.0. The SMILES string of the molecule is C[C@H]1/C=C/C(=O)NCCC(O)CC(NC(=O)C(NC(=O)/C=C/C=C/CCCCCC2CCCC2)[C@@H](C)O)C(=O)N1. The third-order valence-corrected chi connectivity index (χ3v) is 7.34. The van der Waals surface area contributed by atoms with E-state index in [1.54, 1.807) is 19.1 Å². The molecule has 10 heteroatoms. The van der Waals surface area contributed by atoms with Gasteiger partial charge in [0.25, 0.3) is 0 Å². The maximum atomic E-state index is 13.0. The first kappa shape index (κ1) is 33.2. The van der Waals surface area contributed by atoms with E-state index in [2.05, 4.69) is 21.3 Å². The molecule has 10 nitrogen and oxygen atoms in total. The second-order valence-corrected chi connectivity index (χ2v) is 11.0. The average Bonchev–Trinajstić information content (AvgIpc) is 3.42. The first-order valence-corrected chi connectivity index (χ1v) is 14.7. The summed E-state index contributed by atoms with van der Waals surface area (Å²) < 4.78 is 0. The third-order valence-electron chi connectivity index (χ3n) is 7.34. The fourth-order valence-electron chi connectivity index (χ4n) is 5.00. The highest BCUT2D eigenvalue weighted by molar-refractivity contribution is 5.95. The second-order valence-electron chi connectivity index (χ2n) is 11.0. The summed E-state index contributed by atoms with van der Waals surface area (Å²) in [4.78, 5) is 49.9. The zero-order chi connectivity index (χ0) is 29.3. The highest BCUT2D eigenvalue weighted by Gasteiger charge is 2.31. The molecule has 0 aromatic rings. The topological polar surface area (TPSA) is 157 Å². The molecule has 1 fully saturated rings. The predicted octanol–water partition coefficient (Wildman–Crippen LogP) is 1.92. The van der Waals surface area contributed by atoms with Crippen LogP contribution >= 0.6 is 0 Å². The van der Waals surface area contributed by atoms with Crippen molar-refractivity contribution in [2.24, 2.45) is 5.92 Å². The number of aliphatic hydroxyl groups is 2. The minimum absolute atomic E-state index is 0.102. The van der Waals surface area contributed by atoms with Crippen molar-refractivity contribution in [3.8, 4) is 0 Å². The molecule has 1 aliphatic carbocycles. The fraction of sp³-hybridized carbons (Fsp3) is 0.667. The summed E-state index contributed by atoms with van der Waals surface area (Å²) >= 11 is 0. The molecule has 0 saturated heterocycles. The number of nitrogens with one attached hydrogen (secondary N) is 4. The molecule has 3 unspecified atom stereocenters. The first-order chi connectivity index (χ1) is 19.2. The number of carbonyl (C=O) groups is 4. The van der Waals surface area contributed by atoms with Gasteiger partial charge in [0.05, 0.1) is 12.2 Å². The Hall–Kier alpha value is -2.98. The van der Waals surface area contributed by atoms with E-state index in [0.717, 1.165) is 18.8 Å². The third kappa shape index (κ3) is 13.4. The summed E-state index contributed by atoms with van der Waals surface area (Å²) in [5.41, 5.74) is 0. The number of amides is 4. The molecule has 0 radical (unpaired) electrons. The Morgan fingerprint density at radius 3 is 2.60 bits per heavy atom. The molecule has 1 heterocycles. The van der Waals surface area contributed by atoms with Crippen LogP contribution in [0.4, 0.5) is 0 Å². The van der Waals surface area contributed by atoms with E-state index < -0.39 is 48.1 Å². The summed E-state index contributed by atoms with van der Waals surface area (Å²) in [6.45, 7) is 3.24. The Labute approximate surface area is 238 Å². The van der Waals surface area contributed by atoms with Gasteiger partial charge in [0.1, 0.15) is 12.1 Å². The standard InChI is InChI=1S/C30H48N4O6/c1-21-16-17-26(37)31-19-18-24(36)20-25(29(39)32-21)33-30(40)28(22(2)35)34-27(38)15-9-7-5-3-4-6-8-12-23-13-10-11-14-23/h5,7,9,15-17,21-25,28,35-36H,3-4,6,8,10-14,18-20H2,1-2H3,(H,31,37)(H,32,39)(H,33,40)(H,34,38)/b7-5+,15-9+,17-16+/t21-,22+,24?,25?,28?/m0/s1. The van der Waals surface area contributed by atoms with E-state index in [1.165, 1.54) is 70.1 Å². The summed E-state index contributed by atoms with van der Waals surface area (Å²) in [6, 6.07) is -2.91. The molecular weight excluding hydrogens is 512 g/mol. The van der Waals surface area contributed by atoms with E-state index in [0.29, 0.717) is 0 Å². The predicted molar refractivity (Wildman–Crippen MR) is 154 cm³/mol. The lowest BCUT2D eigenvalue weighted by molar-refractivity contribution is -0.134. The van der Waals surface area contributed by atoms with Gasteiger partial charge in [0.2, 0.25) is 23.6 Å². The van der Waals surface area contributed by atoms with Gasteiger partial charge in [-0.25, -0.2) is 0 Å². The molecule has 4 amide bonds. The van der Waals surface area contributed by atoms with Gasteiger partial charge in [-0.1, -0.05) is 69.2 Å². The highest BCUT2D eigenvalue weighted by atomic mass is 16.3. The van der Waals surface area contributed by atoms with Crippen molar-refractivity contribution in [2.45, 2.75) is 115 Å². The molecule has 5 atom stereocenters. The van der Waals surface area contributed by atoms with Crippen molar-refractivity contribution in [2.75, 3.05) is 6.54 Å². The van der Waals surface area contributed by atoms with Gasteiger partial charge in [-0.05, 0) is 39.0 Å². The van der Waals surface area contributed by atoms with Crippen molar-refractivity contribution >= 4 is 23.6 Å². The Kier molecular flexibility index (Phi) is 15.3. The first-order valence-electron chi connectivity index (χ1n) is 14.7. The number of hydrogen-bond acceptors (Lipinski definition) is 6. The van der Waals surface area contributed by atoms with Crippen molar-refractivity contribution in [1.82, 2.24) is 21.3 Å². The normalized spacial score (nSPS) is 25.4. The van der Waals surface area contributed by atoms with E-state index >= 15 is 0 Å². The zero-order valence-corrected chi connectivity index (χ0v) is 23.9. The maximum Gasteiger partial charge on any atom is 0.245 e. The minimum atomic E-state index is -1.30. The Morgan fingerprint density at radius 1 is 1.12 bits per heavy atom. The molecule has 6 N–H and O–H groups in total.